The quantitative estimate of drug-likeness (QED) is 0.890. The van der Waals surface area contributed by atoms with Gasteiger partial charge < -0.3 is 19.9 Å². The number of nitrogens with one attached hydrogen (secondary N) is 1. The first-order valence-corrected chi connectivity index (χ1v) is 8.94. The Balaban J connectivity index is 1.58. The maximum atomic E-state index is 12.3. The van der Waals surface area contributed by atoms with Gasteiger partial charge in [0.2, 0.25) is 0 Å². The fourth-order valence-corrected chi connectivity index (χ4v) is 2.83. The Hall–Kier alpha value is -3.16. The van der Waals surface area contributed by atoms with Crippen molar-refractivity contribution in [1.29, 1.82) is 0 Å². The molecule has 2 amide bonds. The number of amides is 2. The maximum absolute atomic E-state index is 12.3. The van der Waals surface area contributed by atoms with Gasteiger partial charge in [0, 0.05) is 31.9 Å². The summed E-state index contributed by atoms with van der Waals surface area (Å²) in [4.78, 5) is 36.4. The fraction of sp³-hybridized carbons (Fsp3) is 0.368. The van der Waals surface area contributed by atoms with Gasteiger partial charge in [0.25, 0.3) is 5.91 Å². The minimum absolute atomic E-state index is 0.257. The Morgan fingerprint density at radius 2 is 1.85 bits per heavy atom. The van der Waals surface area contributed by atoms with Crippen LogP contribution in [0.5, 0.6) is 0 Å². The number of hydrogen-bond acceptors (Lipinski definition) is 6. The third kappa shape index (κ3) is 4.52. The summed E-state index contributed by atoms with van der Waals surface area (Å²) in [5.74, 6) is 0.390. The number of hydrogen-bond donors (Lipinski definition) is 1. The molecule has 0 radical (unpaired) electrons. The molecule has 1 saturated heterocycles. The fourth-order valence-electron chi connectivity index (χ4n) is 2.83. The van der Waals surface area contributed by atoms with E-state index in [-0.39, 0.29) is 17.7 Å². The second-order valence-corrected chi connectivity index (χ2v) is 6.20. The van der Waals surface area contributed by atoms with Gasteiger partial charge in [0.15, 0.2) is 0 Å². The molecule has 0 saturated carbocycles. The van der Waals surface area contributed by atoms with Gasteiger partial charge in [-0.25, -0.2) is 14.8 Å². The topological polar surface area (TPSA) is 87.7 Å². The number of carbonyl (C=O) groups excluding carboxylic acids is 2. The average Bonchev–Trinajstić information content (AvgIpc) is 2.70. The standard InChI is InChI=1S/C19H23N5O3/c1-3-27-19(26)24-10-8-23(9-11-24)17-13-20-16(12-21-17)18(25)22-15-7-5-4-6-14(15)2/h4-7,12-13H,3,8-11H2,1-2H3,(H,22,25). The lowest BCUT2D eigenvalue weighted by atomic mass is 10.2. The van der Waals surface area contributed by atoms with Crippen molar-refractivity contribution in [3.8, 4) is 0 Å². The molecule has 2 aromatic rings. The highest BCUT2D eigenvalue weighted by Crippen LogP contribution is 2.16. The van der Waals surface area contributed by atoms with Crippen LogP contribution in [0.4, 0.5) is 16.3 Å². The third-order valence-corrected chi connectivity index (χ3v) is 4.39. The van der Waals surface area contributed by atoms with Crippen molar-refractivity contribution in [2.45, 2.75) is 13.8 Å². The van der Waals surface area contributed by atoms with Crippen molar-refractivity contribution in [2.75, 3.05) is 43.0 Å². The Bertz CT molecular complexity index is 801. The van der Waals surface area contributed by atoms with Crippen LogP contribution in [0.15, 0.2) is 36.7 Å². The number of aromatic nitrogens is 2. The predicted octanol–water partition coefficient (Wildman–Crippen LogP) is 2.32. The number of aryl methyl sites for hydroxylation is 1. The van der Waals surface area contributed by atoms with E-state index in [1.165, 1.54) is 6.20 Å². The van der Waals surface area contributed by atoms with E-state index in [0.29, 0.717) is 38.6 Å². The summed E-state index contributed by atoms with van der Waals surface area (Å²) in [5.41, 5.74) is 1.99. The average molecular weight is 369 g/mol. The second-order valence-electron chi connectivity index (χ2n) is 6.20. The second kappa shape index (κ2) is 8.48. The van der Waals surface area contributed by atoms with E-state index in [9.17, 15) is 9.59 Å². The summed E-state index contributed by atoms with van der Waals surface area (Å²) in [6.45, 7) is 6.51. The number of piperazine rings is 1. The van der Waals surface area contributed by atoms with Gasteiger partial charge in [-0.1, -0.05) is 18.2 Å². The highest BCUT2D eigenvalue weighted by Gasteiger charge is 2.23. The van der Waals surface area contributed by atoms with Crippen LogP contribution in [0.3, 0.4) is 0 Å². The van der Waals surface area contributed by atoms with Crippen LogP contribution < -0.4 is 10.2 Å². The maximum Gasteiger partial charge on any atom is 0.409 e. The van der Waals surface area contributed by atoms with Crippen molar-refractivity contribution in [2.24, 2.45) is 0 Å². The first-order valence-electron chi connectivity index (χ1n) is 8.94. The number of ether oxygens (including phenoxy) is 1. The summed E-state index contributed by atoms with van der Waals surface area (Å²) in [6, 6.07) is 7.56. The van der Waals surface area contributed by atoms with Gasteiger partial charge in [-0.3, -0.25) is 4.79 Å². The van der Waals surface area contributed by atoms with Crippen LogP contribution in [0.1, 0.15) is 23.0 Å². The van der Waals surface area contributed by atoms with Gasteiger partial charge in [0.05, 0.1) is 19.0 Å². The molecule has 3 rings (SSSR count). The largest absolute Gasteiger partial charge is 0.450 e. The number of anilines is 2. The van der Waals surface area contributed by atoms with Crippen LogP contribution in [-0.4, -0.2) is 59.7 Å². The zero-order valence-corrected chi connectivity index (χ0v) is 15.5. The van der Waals surface area contributed by atoms with Gasteiger partial charge in [-0.15, -0.1) is 0 Å². The number of benzene rings is 1. The Morgan fingerprint density at radius 3 is 2.48 bits per heavy atom. The third-order valence-electron chi connectivity index (χ3n) is 4.39. The van der Waals surface area contributed by atoms with E-state index in [1.54, 1.807) is 18.0 Å². The summed E-state index contributed by atoms with van der Waals surface area (Å²) < 4.78 is 5.02. The molecule has 0 atom stereocenters. The van der Waals surface area contributed by atoms with Crippen molar-refractivity contribution in [3.05, 3.63) is 47.9 Å². The van der Waals surface area contributed by atoms with Crippen molar-refractivity contribution < 1.29 is 14.3 Å². The van der Waals surface area contributed by atoms with E-state index < -0.39 is 0 Å². The summed E-state index contributed by atoms with van der Waals surface area (Å²) in [6.07, 6.45) is 2.78. The Labute approximate surface area is 158 Å². The summed E-state index contributed by atoms with van der Waals surface area (Å²) in [7, 11) is 0. The van der Waals surface area contributed by atoms with Gasteiger partial charge in [-0.2, -0.15) is 0 Å². The molecule has 1 aromatic carbocycles. The van der Waals surface area contributed by atoms with E-state index in [1.807, 2.05) is 36.1 Å². The van der Waals surface area contributed by atoms with Crippen LogP contribution in [0.2, 0.25) is 0 Å². The Kier molecular flexibility index (Phi) is 5.85. The summed E-state index contributed by atoms with van der Waals surface area (Å²) >= 11 is 0. The zero-order chi connectivity index (χ0) is 19.2. The molecule has 0 aliphatic carbocycles. The predicted molar refractivity (Wildman–Crippen MR) is 102 cm³/mol. The molecule has 1 N–H and O–H groups in total. The molecule has 1 fully saturated rings. The van der Waals surface area contributed by atoms with E-state index in [2.05, 4.69) is 15.3 Å². The lowest BCUT2D eigenvalue weighted by Crippen LogP contribution is -2.49. The molecule has 8 nitrogen and oxygen atoms in total. The number of nitrogens with zero attached hydrogens (tertiary/aromatic N) is 4. The molecule has 0 unspecified atom stereocenters. The molecule has 1 aliphatic heterocycles. The van der Waals surface area contributed by atoms with Crippen molar-refractivity contribution in [3.63, 3.8) is 0 Å². The van der Waals surface area contributed by atoms with E-state index in [0.717, 1.165) is 11.3 Å². The monoisotopic (exact) mass is 369 g/mol. The smallest absolute Gasteiger partial charge is 0.409 e. The van der Waals surface area contributed by atoms with Crippen molar-refractivity contribution in [1.82, 2.24) is 14.9 Å². The highest BCUT2D eigenvalue weighted by molar-refractivity contribution is 6.03. The lowest BCUT2D eigenvalue weighted by Gasteiger charge is -2.34. The SMILES string of the molecule is CCOC(=O)N1CCN(c2cnc(C(=O)Nc3ccccc3C)cn2)CC1. The highest BCUT2D eigenvalue weighted by atomic mass is 16.6. The van der Waals surface area contributed by atoms with Crippen LogP contribution in [0, 0.1) is 6.92 Å². The molecule has 142 valence electrons. The molecular weight excluding hydrogens is 346 g/mol. The minimum Gasteiger partial charge on any atom is -0.450 e. The van der Waals surface area contributed by atoms with Crippen molar-refractivity contribution >= 4 is 23.5 Å². The Morgan fingerprint density at radius 1 is 1.11 bits per heavy atom. The minimum atomic E-state index is -0.296. The van der Waals surface area contributed by atoms with Gasteiger partial charge >= 0.3 is 6.09 Å². The van der Waals surface area contributed by atoms with Crippen LogP contribution >= 0.6 is 0 Å². The lowest BCUT2D eigenvalue weighted by molar-refractivity contribution is 0.101. The molecule has 27 heavy (non-hydrogen) atoms. The molecule has 2 heterocycles. The molecule has 1 aromatic heterocycles. The number of rotatable bonds is 4. The van der Waals surface area contributed by atoms with Crippen LogP contribution in [-0.2, 0) is 4.74 Å². The number of para-hydroxylation sites is 1. The van der Waals surface area contributed by atoms with Gasteiger partial charge in [0.1, 0.15) is 11.5 Å². The molecule has 0 bridgehead atoms. The molecule has 1 aliphatic rings. The molecular formula is C19H23N5O3. The number of carbonyl (C=O) groups is 2. The first kappa shape index (κ1) is 18.6. The van der Waals surface area contributed by atoms with E-state index in [4.69, 9.17) is 4.74 Å². The van der Waals surface area contributed by atoms with Gasteiger partial charge in [-0.05, 0) is 25.5 Å². The first-order chi connectivity index (χ1) is 13.1. The van der Waals surface area contributed by atoms with Crippen LogP contribution in [0.25, 0.3) is 0 Å². The molecule has 0 spiro atoms. The summed E-state index contributed by atoms with van der Waals surface area (Å²) in [5, 5.41) is 2.84. The van der Waals surface area contributed by atoms with E-state index >= 15 is 0 Å². The normalized spacial score (nSPS) is 14.0. The molecule has 8 heteroatoms. The zero-order valence-electron chi connectivity index (χ0n) is 15.5.